The largest absolute Gasteiger partial charge is 0.361 e. The predicted molar refractivity (Wildman–Crippen MR) is 111 cm³/mol. The summed E-state index contributed by atoms with van der Waals surface area (Å²) in [5, 5.41) is 4.34. The molecule has 1 aromatic heterocycles. The molecule has 4 aromatic rings. The number of aromatic nitrogens is 1. The summed E-state index contributed by atoms with van der Waals surface area (Å²) in [5.74, 6) is 0.921. The molecule has 0 atom stereocenters. The first kappa shape index (κ1) is 17.3. The van der Waals surface area contributed by atoms with E-state index in [9.17, 15) is 0 Å². The maximum atomic E-state index is 5.52. The van der Waals surface area contributed by atoms with Crippen molar-refractivity contribution >= 4 is 0 Å². The normalized spacial score (nSPS) is 10.9. The maximum Gasteiger partial charge on any atom is 0.137 e. The van der Waals surface area contributed by atoms with E-state index in [4.69, 9.17) is 4.52 Å². The molecule has 0 fully saturated rings. The minimum absolute atomic E-state index is 0.921. The predicted octanol–water partition coefficient (Wildman–Crippen LogP) is 6.49. The van der Waals surface area contributed by atoms with E-state index in [0.29, 0.717) is 0 Å². The molecule has 3 aromatic carbocycles. The van der Waals surface area contributed by atoms with Crippen molar-refractivity contribution in [1.29, 1.82) is 0 Å². The first-order valence-electron chi connectivity index (χ1n) is 9.46. The van der Waals surface area contributed by atoms with Gasteiger partial charge in [0.1, 0.15) is 11.5 Å². The van der Waals surface area contributed by atoms with Gasteiger partial charge in [-0.15, -0.1) is 0 Å². The highest BCUT2D eigenvalue weighted by Crippen LogP contribution is 2.29. The Hall–Kier alpha value is -3.13. The summed E-state index contributed by atoms with van der Waals surface area (Å²) in [7, 11) is 0. The lowest BCUT2D eigenvalue weighted by Crippen LogP contribution is -1.93. The van der Waals surface area contributed by atoms with E-state index in [2.05, 4.69) is 84.0 Å². The third-order valence-corrected chi connectivity index (χ3v) is 4.99. The SMILES string of the molecule is Cc1onc(-c2ccc(-c3ccccc3)cc2)c1CCCc1ccccc1. The average Bonchev–Trinajstić information content (AvgIpc) is 3.10. The summed E-state index contributed by atoms with van der Waals surface area (Å²) < 4.78 is 5.52. The van der Waals surface area contributed by atoms with Gasteiger partial charge in [-0.3, -0.25) is 0 Å². The number of aryl methyl sites for hydroxylation is 2. The molecule has 0 saturated heterocycles. The van der Waals surface area contributed by atoms with Crippen molar-refractivity contribution in [2.45, 2.75) is 26.2 Å². The Morgan fingerprint density at radius 1 is 0.667 bits per heavy atom. The second-order valence-electron chi connectivity index (χ2n) is 6.85. The van der Waals surface area contributed by atoms with Crippen molar-refractivity contribution in [1.82, 2.24) is 5.16 Å². The molecule has 0 bridgehead atoms. The monoisotopic (exact) mass is 353 g/mol. The van der Waals surface area contributed by atoms with Crippen LogP contribution in [0, 0.1) is 6.92 Å². The highest BCUT2D eigenvalue weighted by atomic mass is 16.5. The molecular formula is C25H23NO. The molecule has 1 heterocycles. The van der Waals surface area contributed by atoms with Crippen molar-refractivity contribution in [3.8, 4) is 22.4 Å². The molecular weight excluding hydrogens is 330 g/mol. The molecule has 0 unspecified atom stereocenters. The van der Waals surface area contributed by atoms with Crippen LogP contribution in [-0.4, -0.2) is 5.16 Å². The fraction of sp³-hybridized carbons (Fsp3) is 0.160. The maximum absolute atomic E-state index is 5.52. The molecule has 0 saturated carbocycles. The lowest BCUT2D eigenvalue weighted by atomic mass is 9.98. The summed E-state index contributed by atoms with van der Waals surface area (Å²) in [4.78, 5) is 0. The zero-order valence-electron chi connectivity index (χ0n) is 15.6. The van der Waals surface area contributed by atoms with E-state index in [1.165, 1.54) is 22.3 Å². The van der Waals surface area contributed by atoms with Crippen LogP contribution in [0.5, 0.6) is 0 Å². The van der Waals surface area contributed by atoms with Crippen molar-refractivity contribution < 1.29 is 4.52 Å². The minimum atomic E-state index is 0.921. The Morgan fingerprint density at radius 3 is 1.96 bits per heavy atom. The second kappa shape index (κ2) is 8.05. The molecule has 27 heavy (non-hydrogen) atoms. The quantitative estimate of drug-likeness (QED) is 0.396. The molecule has 2 heteroatoms. The second-order valence-corrected chi connectivity index (χ2v) is 6.85. The molecule has 0 radical (unpaired) electrons. The molecule has 0 aliphatic heterocycles. The zero-order chi connectivity index (χ0) is 18.5. The van der Waals surface area contributed by atoms with Gasteiger partial charge in [-0.2, -0.15) is 0 Å². The number of hydrogen-bond donors (Lipinski definition) is 0. The third kappa shape index (κ3) is 4.01. The summed E-state index contributed by atoms with van der Waals surface area (Å²) in [6.07, 6.45) is 3.12. The molecule has 0 amide bonds. The first-order chi connectivity index (χ1) is 13.3. The molecule has 0 spiro atoms. The Bertz CT molecular complexity index is 986. The Kier molecular flexibility index (Phi) is 5.15. The third-order valence-electron chi connectivity index (χ3n) is 4.99. The van der Waals surface area contributed by atoms with Gasteiger partial charge in [0.15, 0.2) is 0 Å². The summed E-state index contributed by atoms with van der Waals surface area (Å²) in [6.45, 7) is 2.01. The van der Waals surface area contributed by atoms with Crippen molar-refractivity contribution in [2.75, 3.05) is 0 Å². The highest BCUT2D eigenvalue weighted by molar-refractivity contribution is 5.70. The summed E-state index contributed by atoms with van der Waals surface area (Å²) >= 11 is 0. The molecule has 134 valence electrons. The standard InChI is InChI=1S/C25H23NO/c1-19-24(14-8-11-20-9-4-2-5-10-20)25(26-27-19)23-17-15-22(16-18-23)21-12-6-3-7-13-21/h2-7,9-10,12-13,15-18H,8,11,14H2,1H3. The number of benzene rings is 3. The van der Waals surface area contributed by atoms with Gasteiger partial charge in [-0.1, -0.05) is 90.1 Å². The molecule has 4 rings (SSSR count). The summed E-state index contributed by atoms with van der Waals surface area (Å²) in [5.41, 5.74) is 7.12. The van der Waals surface area contributed by atoms with Gasteiger partial charge in [0.05, 0.1) is 0 Å². The number of rotatable bonds is 6. The van der Waals surface area contributed by atoms with Crippen LogP contribution in [0.15, 0.2) is 89.5 Å². The van der Waals surface area contributed by atoms with Crippen LogP contribution in [-0.2, 0) is 12.8 Å². The number of nitrogens with zero attached hydrogens (tertiary/aromatic N) is 1. The number of hydrogen-bond acceptors (Lipinski definition) is 2. The van der Waals surface area contributed by atoms with Crippen LogP contribution < -0.4 is 0 Å². The Balaban J connectivity index is 1.51. The Morgan fingerprint density at radius 2 is 1.26 bits per heavy atom. The van der Waals surface area contributed by atoms with Crippen LogP contribution >= 0.6 is 0 Å². The van der Waals surface area contributed by atoms with Crippen molar-refractivity contribution in [3.05, 3.63) is 102 Å². The first-order valence-corrected chi connectivity index (χ1v) is 9.46. The summed E-state index contributed by atoms with van der Waals surface area (Å²) in [6, 6.07) is 29.6. The van der Waals surface area contributed by atoms with Gasteiger partial charge in [0.25, 0.3) is 0 Å². The molecule has 0 aliphatic carbocycles. The van der Waals surface area contributed by atoms with Gasteiger partial charge in [-0.25, -0.2) is 0 Å². The fourth-order valence-electron chi connectivity index (χ4n) is 3.48. The zero-order valence-corrected chi connectivity index (χ0v) is 15.6. The fourth-order valence-corrected chi connectivity index (χ4v) is 3.48. The van der Waals surface area contributed by atoms with Gasteiger partial charge in [0, 0.05) is 11.1 Å². The van der Waals surface area contributed by atoms with E-state index in [1.807, 2.05) is 13.0 Å². The van der Waals surface area contributed by atoms with E-state index < -0.39 is 0 Å². The van der Waals surface area contributed by atoms with E-state index >= 15 is 0 Å². The minimum Gasteiger partial charge on any atom is -0.361 e. The topological polar surface area (TPSA) is 26.0 Å². The van der Waals surface area contributed by atoms with Gasteiger partial charge in [0.2, 0.25) is 0 Å². The molecule has 0 N–H and O–H groups in total. The van der Waals surface area contributed by atoms with Crippen LogP contribution in [0.4, 0.5) is 0 Å². The lowest BCUT2D eigenvalue weighted by Gasteiger charge is -2.06. The highest BCUT2D eigenvalue weighted by Gasteiger charge is 2.14. The van der Waals surface area contributed by atoms with Crippen LogP contribution in [0.1, 0.15) is 23.3 Å². The molecule has 0 aliphatic rings. The van der Waals surface area contributed by atoms with E-state index in [1.54, 1.807) is 0 Å². The van der Waals surface area contributed by atoms with E-state index in [-0.39, 0.29) is 0 Å². The van der Waals surface area contributed by atoms with Gasteiger partial charge < -0.3 is 4.52 Å². The van der Waals surface area contributed by atoms with Crippen molar-refractivity contribution in [3.63, 3.8) is 0 Å². The van der Waals surface area contributed by atoms with Crippen LogP contribution in [0.25, 0.3) is 22.4 Å². The Labute approximate surface area is 160 Å². The van der Waals surface area contributed by atoms with E-state index in [0.717, 1.165) is 36.3 Å². The lowest BCUT2D eigenvalue weighted by molar-refractivity contribution is 0.398. The van der Waals surface area contributed by atoms with Crippen molar-refractivity contribution in [2.24, 2.45) is 0 Å². The molecule has 2 nitrogen and oxygen atoms in total. The average molecular weight is 353 g/mol. The smallest absolute Gasteiger partial charge is 0.137 e. The van der Waals surface area contributed by atoms with Crippen LogP contribution in [0.3, 0.4) is 0 Å². The van der Waals surface area contributed by atoms with Gasteiger partial charge in [-0.05, 0) is 42.9 Å². The van der Waals surface area contributed by atoms with Crippen LogP contribution in [0.2, 0.25) is 0 Å². The van der Waals surface area contributed by atoms with Gasteiger partial charge >= 0.3 is 0 Å².